The highest BCUT2D eigenvalue weighted by molar-refractivity contribution is 6.31. The summed E-state index contributed by atoms with van der Waals surface area (Å²) in [6, 6.07) is 4.38. The summed E-state index contributed by atoms with van der Waals surface area (Å²) in [7, 11) is 0. The fraction of sp³-hybridized carbons (Fsp3) is 0.273. The van der Waals surface area contributed by atoms with Crippen LogP contribution >= 0.6 is 11.6 Å². The predicted molar refractivity (Wildman–Crippen MR) is 66.1 cm³/mol. The topological polar surface area (TPSA) is 81.1 Å². The van der Waals surface area contributed by atoms with Gasteiger partial charge in [0.25, 0.3) is 0 Å². The second kappa shape index (κ2) is 4.25. The molecule has 1 aromatic heterocycles. The third-order valence-electron chi connectivity index (χ3n) is 2.66. The first-order valence-electron chi connectivity index (χ1n) is 5.20. The highest BCUT2D eigenvalue weighted by Crippen LogP contribution is 2.26. The molecule has 2 aromatic rings. The minimum Gasteiger partial charge on any atom is -0.480 e. The number of hydrogen-bond acceptors (Lipinski definition) is 3. The lowest BCUT2D eigenvalue weighted by Crippen LogP contribution is -2.19. The van der Waals surface area contributed by atoms with Crippen molar-refractivity contribution in [1.29, 1.82) is 0 Å². The second-order valence-electron chi connectivity index (χ2n) is 3.74. The number of benzene rings is 1. The van der Waals surface area contributed by atoms with E-state index in [9.17, 15) is 4.79 Å². The summed E-state index contributed by atoms with van der Waals surface area (Å²) >= 11 is 5.85. The Kier molecular flexibility index (Phi) is 2.93. The first-order valence-corrected chi connectivity index (χ1v) is 5.58. The average molecular weight is 254 g/mol. The maximum absolute atomic E-state index is 11.2. The molecule has 6 heteroatoms. The molecule has 0 aliphatic rings. The Hall–Kier alpha value is -1.75. The zero-order valence-corrected chi connectivity index (χ0v) is 9.98. The van der Waals surface area contributed by atoms with Crippen molar-refractivity contribution in [2.75, 3.05) is 5.73 Å². The Morgan fingerprint density at radius 3 is 2.94 bits per heavy atom. The van der Waals surface area contributed by atoms with Crippen molar-refractivity contribution in [3.05, 3.63) is 23.2 Å². The minimum absolute atomic E-state index is 0.191. The van der Waals surface area contributed by atoms with Crippen LogP contribution in [0.5, 0.6) is 0 Å². The van der Waals surface area contributed by atoms with E-state index in [1.165, 1.54) is 4.57 Å². The molecule has 3 N–H and O–H groups in total. The number of carboxylic acids is 1. The lowest BCUT2D eigenvalue weighted by atomic mass is 10.2. The molecule has 0 saturated heterocycles. The molecule has 0 amide bonds. The van der Waals surface area contributed by atoms with Gasteiger partial charge in [-0.25, -0.2) is 9.78 Å². The van der Waals surface area contributed by atoms with Crippen LogP contribution in [0.4, 0.5) is 5.95 Å². The number of rotatable bonds is 3. The summed E-state index contributed by atoms with van der Waals surface area (Å²) in [5, 5.41) is 9.70. The van der Waals surface area contributed by atoms with Gasteiger partial charge in [-0.15, -0.1) is 0 Å². The van der Waals surface area contributed by atoms with E-state index in [4.69, 9.17) is 22.4 Å². The summed E-state index contributed by atoms with van der Waals surface area (Å²) < 4.78 is 1.52. The largest absolute Gasteiger partial charge is 0.480 e. The van der Waals surface area contributed by atoms with Gasteiger partial charge in [0.05, 0.1) is 11.0 Å². The summed E-state index contributed by atoms with van der Waals surface area (Å²) in [4.78, 5) is 15.3. The van der Waals surface area contributed by atoms with Gasteiger partial charge in [0.15, 0.2) is 0 Å². The number of nitrogens with two attached hydrogens (primary N) is 1. The van der Waals surface area contributed by atoms with E-state index in [1.54, 1.807) is 25.1 Å². The number of aromatic nitrogens is 2. The molecule has 1 heterocycles. The molecule has 0 aliphatic heterocycles. The Morgan fingerprint density at radius 1 is 1.65 bits per heavy atom. The summed E-state index contributed by atoms with van der Waals surface area (Å²) in [5.74, 6) is -0.732. The molecule has 0 radical (unpaired) electrons. The molecular formula is C11H12ClN3O2. The molecule has 0 fully saturated rings. The second-order valence-corrected chi connectivity index (χ2v) is 4.17. The van der Waals surface area contributed by atoms with Crippen LogP contribution in [0.25, 0.3) is 11.0 Å². The van der Waals surface area contributed by atoms with E-state index < -0.39 is 12.0 Å². The standard InChI is InChI=1S/C11H12ClN3O2/c1-2-8(10(16)17)15-9-4-3-6(12)5-7(9)14-11(15)13/h3-5,8H,2H2,1H3,(H2,13,14)(H,16,17). The van der Waals surface area contributed by atoms with E-state index in [0.29, 0.717) is 22.5 Å². The lowest BCUT2D eigenvalue weighted by molar-refractivity contribution is -0.140. The van der Waals surface area contributed by atoms with Crippen molar-refractivity contribution in [3.8, 4) is 0 Å². The van der Waals surface area contributed by atoms with Gasteiger partial charge in [-0.2, -0.15) is 0 Å². The van der Waals surface area contributed by atoms with Crippen molar-refractivity contribution in [1.82, 2.24) is 9.55 Å². The van der Waals surface area contributed by atoms with Crippen LogP contribution in [0, 0.1) is 0 Å². The third kappa shape index (κ3) is 1.93. The van der Waals surface area contributed by atoms with Gasteiger partial charge in [-0.05, 0) is 24.6 Å². The van der Waals surface area contributed by atoms with Crippen LogP contribution in [-0.4, -0.2) is 20.6 Å². The smallest absolute Gasteiger partial charge is 0.326 e. The molecule has 1 aromatic carbocycles. The molecule has 0 spiro atoms. The number of fused-ring (bicyclic) bond motifs is 1. The van der Waals surface area contributed by atoms with Gasteiger partial charge in [0, 0.05) is 5.02 Å². The van der Waals surface area contributed by atoms with Crippen molar-refractivity contribution in [2.24, 2.45) is 0 Å². The Morgan fingerprint density at radius 2 is 2.35 bits per heavy atom. The highest BCUT2D eigenvalue weighted by Gasteiger charge is 2.22. The zero-order chi connectivity index (χ0) is 12.6. The van der Waals surface area contributed by atoms with Crippen LogP contribution in [-0.2, 0) is 4.79 Å². The average Bonchev–Trinajstić information content (AvgIpc) is 2.55. The van der Waals surface area contributed by atoms with E-state index in [0.717, 1.165) is 0 Å². The van der Waals surface area contributed by atoms with Crippen LogP contribution < -0.4 is 5.73 Å². The van der Waals surface area contributed by atoms with Crippen molar-refractivity contribution < 1.29 is 9.90 Å². The van der Waals surface area contributed by atoms with Crippen LogP contribution in [0.15, 0.2) is 18.2 Å². The van der Waals surface area contributed by atoms with Crippen LogP contribution in [0.3, 0.4) is 0 Å². The van der Waals surface area contributed by atoms with E-state index >= 15 is 0 Å². The fourth-order valence-corrected chi connectivity index (χ4v) is 2.05. The SMILES string of the molecule is CCC(C(=O)O)n1c(N)nc2cc(Cl)ccc21. The molecule has 0 aliphatic carbocycles. The molecule has 0 saturated carbocycles. The van der Waals surface area contributed by atoms with Gasteiger partial charge in [0.2, 0.25) is 5.95 Å². The minimum atomic E-state index is -0.923. The summed E-state index contributed by atoms with van der Waals surface area (Å²) in [6.07, 6.45) is 0.438. The fourth-order valence-electron chi connectivity index (χ4n) is 1.89. The molecule has 1 unspecified atom stereocenters. The third-order valence-corrected chi connectivity index (χ3v) is 2.90. The number of nitrogen functional groups attached to an aromatic ring is 1. The number of imidazole rings is 1. The van der Waals surface area contributed by atoms with E-state index in [2.05, 4.69) is 4.98 Å². The maximum Gasteiger partial charge on any atom is 0.326 e. The molecule has 0 bridgehead atoms. The Balaban J connectivity index is 2.68. The van der Waals surface area contributed by atoms with Gasteiger partial charge >= 0.3 is 5.97 Å². The van der Waals surface area contributed by atoms with Gasteiger partial charge < -0.3 is 10.8 Å². The highest BCUT2D eigenvalue weighted by atomic mass is 35.5. The molecule has 90 valence electrons. The number of hydrogen-bond donors (Lipinski definition) is 2. The molecule has 5 nitrogen and oxygen atoms in total. The van der Waals surface area contributed by atoms with Crippen LogP contribution in [0.1, 0.15) is 19.4 Å². The van der Waals surface area contributed by atoms with E-state index in [1.807, 2.05) is 0 Å². The number of nitrogens with zero attached hydrogens (tertiary/aromatic N) is 2. The Bertz CT molecular complexity index is 579. The zero-order valence-electron chi connectivity index (χ0n) is 9.22. The number of halogens is 1. The maximum atomic E-state index is 11.2. The van der Waals surface area contributed by atoms with Crippen molar-refractivity contribution in [2.45, 2.75) is 19.4 Å². The van der Waals surface area contributed by atoms with Crippen molar-refractivity contribution >= 4 is 34.6 Å². The molecular weight excluding hydrogens is 242 g/mol. The summed E-state index contributed by atoms with van der Waals surface area (Å²) in [6.45, 7) is 1.79. The van der Waals surface area contributed by atoms with E-state index in [-0.39, 0.29) is 5.95 Å². The first-order chi connectivity index (χ1) is 8.04. The Labute approximate surface area is 103 Å². The van der Waals surface area contributed by atoms with Crippen LogP contribution in [0.2, 0.25) is 5.02 Å². The van der Waals surface area contributed by atoms with Gasteiger partial charge in [-0.3, -0.25) is 4.57 Å². The summed E-state index contributed by atoms with van der Waals surface area (Å²) in [5.41, 5.74) is 7.05. The van der Waals surface area contributed by atoms with Crippen molar-refractivity contribution in [3.63, 3.8) is 0 Å². The normalized spacial score (nSPS) is 12.8. The predicted octanol–water partition coefficient (Wildman–Crippen LogP) is 2.31. The lowest BCUT2D eigenvalue weighted by Gasteiger charge is -2.14. The molecule has 2 rings (SSSR count). The quantitative estimate of drug-likeness (QED) is 0.880. The number of carboxylic acid groups (broad SMARTS) is 1. The molecule has 17 heavy (non-hydrogen) atoms. The first kappa shape index (κ1) is 11.7. The number of anilines is 1. The van der Waals surface area contributed by atoms with Gasteiger partial charge in [-0.1, -0.05) is 18.5 Å². The van der Waals surface area contributed by atoms with Gasteiger partial charge in [0.1, 0.15) is 6.04 Å². The number of carbonyl (C=O) groups is 1. The number of aliphatic carboxylic acids is 1. The molecule has 1 atom stereocenters. The monoisotopic (exact) mass is 253 g/mol.